The van der Waals surface area contributed by atoms with Crippen LogP contribution in [-0.4, -0.2) is 5.75 Å². The second-order valence-electron chi connectivity index (χ2n) is 3.68. The molecule has 80 valence electrons. The van der Waals surface area contributed by atoms with Gasteiger partial charge in [-0.3, -0.25) is 0 Å². The Morgan fingerprint density at radius 3 is 2.93 bits per heavy atom. The van der Waals surface area contributed by atoms with Gasteiger partial charge in [-0.25, -0.2) is 0 Å². The predicted molar refractivity (Wildman–Crippen MR) is 66.1 cm³/mol. The van der Waals surface area contributed by atoms with E-state index >= 15 is 0 Å². The standard InChI is InChI=1S/C13H17NS/c1-3-9-15-13-6-4-5-12(10-13)11(2)7-8-14/h4-6,10-11H,3,7,9H2,1-2H3. The Hall–Kier alpha value is -0.940. The summed E-state index contributed by atoms with van der Waals surface area (Å²) in [5.74, 6) is 1.51. The summed E-state index contributed by atoms with van der Waals surface area (Å²) in [7, 11) is 0. The highest BCUT2D eigenvalue weighted by Gasteiger charge is 2.05. The zero-order chi connectivity index (χ0) is 11.1. The van der Waals surface area contributed by atoms with E-state index in [0.29, 0.717) is 12.3 Å². The minimum atomic E-state index is 0.345. The lowest BCUT2D eigenvalue weighted by atomic mass is 9.99. The summed E-state index contributed by atoms with van der Waals surface area (Å²) < 4.78 is 0. The first-order valence-electron chi connectivity index (χ1n) is 5.37. The number of rotatable bonds is 5. The van der Waals surface area contributed by atoms with E-state index in [1.807, 2.05) is 11.8 Å². The number of thioether (sulfide) groups is 1. The number of benzene rings is 1. The number of hydrogen-bond acceptors (Lipinski definition) is 2. The highest BCUT2D eigenvalue weighted by molar-refractivity contribution is 7.99. The minimum Gasteiger partial charge on any atom is -0.198 e. The largest absolute Gasteiger partial charge is 0.198 e. The summed E-state index contributed by atoms with van der Waals surface area (Å²) in [4.78, 5) is 1.32. The summed E-state index contributed by atoms with van der Waals surface area (Å²) in [5, 5.41) is 8.65. The number of hydrogen-bond donors (Lipinski definition) is 0. The van der Waals surface area contributed by atoms with E-state index in [1.54, 1.807) is 0 Å². The highest BCUT2D eigenvalue weighted by atomic mass is 32.2. The molecular formula is C13H17NS. The first kappa shape index (κ1) is 12.1. The predicted octanol–water partition coefficient (Wildman–Crippen LogP) is 4.21. The van der Waals surface area contributed by atoms with Crippen LogP contribution >= 0.6 is 11.8 Å². The molecule has 1 aromatic rings. The minimum absolute atomic E-state index is 0.345. The highest BCUT2D eigenvalue weighted by Crippen LogP contribution is 2.25. The molecule has 0 N–H and O–H groups in total. The maximum Gasteiger partial charge on any atom is 0.0628 e. The van der Waals surface area contributed by atoms with Gasteiger partial charge in [0.1, 0.15) is 0 Å². The lowest BCUT2D eigenvalue weighted by Gasteiger charge is -2.09. The summed E-state index contributed by atoms with van der Waals surface area (Å²) in [6.45, 7) is 4.29. The molecule has 0 bridgehead atoms. The van der Waals surface area contributed by atoms with Crippen LogP contribution in [0.25, 0.3) is 0 Å². The van der Waals surface area contributed by atoms with Crippen molar-refractivity contribution in [2.75, 3.05) is 5.75 Å². The van der Waals surface area contributed by atoms with Crippen molar-refractivity contribution < 1.29 is 0 Å². The van der Waals surface area contributed by atoms with Gasteiger partial charge in [-0.1, -0.05) is 26.0 Å². The van der Waals surface area contributed by atoms with Crippen LogP contribution in [-0.2, 0) is 0 Å². The molecule has 0 radical (unpaired) electrons. The van der Waals surface area contributed by atoms with Gasteiger partial charge >= 0.3 is 0 Å². The zero-order valence-electron chi connectivity index (χ0n) is 9.36. The molecule has 1 nitrogen and oxygen atoms in total. The van der Waals surface area contributed by atoms with Crippen molar-refractivity contribution in [2.45, 2.75) is 37.5 Å². The molecule has 0 spiro atoms. The van der Waals surface area contributed by atoms with Crippen LogP contribution in [0.2, 0.25) is 0 Å². The fraction of sp³-hybridized carbons (Fsp3) is 0.462. The van der Waals surface area contributed by atoms with Gasteiger partial charge in [-0.2, -0.15) is 5.26 Å². The molecule has 1 atom stereocenters. The van der Waals surface area contributed by atoms with Crippen LogP contribution in [0.5, 0.6) is 0 Å². The fourth-order valence-electron chi connectivity index (χ4n) is 1.39. The van der Waals surface area contributed by atoms with Crippen molar-refractivity contribution in [1.29, 1.82) is 5.26 Å². The molecule has 15 heavy (non-hydrogen) atoms. The molecule has 0 fully saturated rings. The van der Waals surface area contributed by atoms with E-state index in [1.165, 1.54) is 16.9 Å². The van der Waals surface area contributed by atoms with E-state index < -0.39 is 0 Å². The molecule has 1 unspecified atom stereocenters. The summed E-state index contributed by atoms with van der Waals surface area (Å²) in [6, 6.07) is 10.8. The quantitative estimate of drug-likeness (QED) is 0.693. The lowest BCUT2D eigenvalue weighted by Crippen LogP contribution is -1.92. The molecule has 0 amide bonds. The smallest absolute Gasteiger partial charge is 0.0628 e. The van der Waals surface area contributed by atoms with Crippen LogP contribution in [0.3, 0.4) is 0 Å². The normalized spacial score (nSPS) is 12.1. The molecular weight excluding hydrogens is 202 g/mol. The Morgan fingerprint density at radius 1 is 1.47 bits per heavy atom. The van der Waals surface area contributed by atoms with Crippen molar-refractivity contribution in [3.05, 3.63) is 29.8 Å². The molecule has 2 heteroatoms. The summed E-state index contributed by atoms with van der Waals surface area (Å²) >= 11 is 1.89. The van der Waals surface area contributed by atoms with Crippen molar-refractivity contribution in [3.8, 4) is 6.07 Å². The molecule has 0 aromatic heterocycles. The fourth-order valence-corrected chi connectivity index (χ4v) is 2.22. The third kappa shape index (κ3) is 3.97. The van der Waals surface area contributed by atoms with E-state index in [2.05, 4.69) is 44.2 Å². The van der Waals surface area contributed by atoms with E-state index in [4.69, 9.17) is 5.26 Å². The maximum absolute atomic E-state index is 8.65. The van der Waals surface area contributed by atoms with E-state index in [0.717, 1.165) is 5.75 Å². The van der Waals surface area contributed by atoms with Gasteiger partial charge in [0.25, 0.3) is 0 Å². The average Bonchev–Trinajstić information content (AvgIpc) is 2.27. The molecule has 0 aliphatic carbocycles. The summed E-state index contributed by atoms with van der Waals surface area (Å²) in [5.41, 5.74) is 1.28. The van der Waals surface area contributed by atoms with Gasteiger partial charge in [-0.05, 0) is 35.8 Å². The van der Waals surface area contributed by atoms with Gasteiger partial charge in [0.15, 0.2) is 0 Å². The van der Waals surface area contributed by atoms with Gasteiger partial charge in [0.2, 0.25) is 0 Å². The Balaban J connectivity index is 2.69. The van der Waals surface area contributed by atoms with Crippen LogP contribution in [0.15, 0.2) is 29.2 Å². The van der Waals surface area contributed by atoms with Gasteiger partial charge in [-0.15, -0.1) is 11.8 Å². The Labute approximate surface area is 96.5 Å². The van der Waals surface area contributed by atoms with Gasteiger partial charge in [0, 0.05) is 11.3 Å². The van der Waals surface area contributed by atoms with E-state index in [-0.39, 0.29) is 0 Å². The molecule has 0 saturated heterocycles. The molecule has 0 saturated carbocycles. The Bertz CT molecular complexity index is 341. The van der Waals surface area contributed by atoms with Crippen molar-refractivity contribution in [3.63, 3.8) is 0 Å². The molecule has 1 aromatic carbocycles. The van der Waals surface area contributed by atoms with Crippen molar-refractivity contribution in [1.82, 2.24) is 0 Å². The number of nitriles is 1. The first-order valence-corrected chi connectivity index (χ1v) is 6.36. The third-order valence-electron chi connectivity index (χ3n) is 2.30. The van der Waals surface area contributed by atoms with Crippen molar-refractivity contribution >= 4 is 11.8 Å². The van der Waals surface area contributed by atoms with Crippen LogP contribution in [0.1, 0.15) is 38.2 Å². The van der Waals surface area contributed by atoms with Crippen molar-refractivity contribution in [2.24, 2.45) is 0 Å². The number of nitrogens with zero attached hydrogens (tertiary/aromatic N) is 1. The maximum atomic E-state index is 8.65. The van der Waals surface area contributed by atoms with Gasteiger partial charge in [0.05, 0.1) is 6.07 Å². The second-order valence-corrected chi connectivity index (χ2v) is 4.85. The molecule has 1 rings (SSSR count). The topological polar surface area (TPSA) is 23.8 Å². The SMILES string of the molecule is CCCSc1cccc(C(C)CC#N)c1. The molecule has 0 aliphatic heterocycles. The monoisotopic (exact) mass is 219 g/mol. The summed E-state index contributed by atoms with van der Waals surface area (Å²) in [6.07, 6.45) is 1.80. The van der Waals surface area contributed by atoms with Gasteiger partial charge < -0.3 is 0 Å². The zero-order valence-corrected chi connectivity index (χ0v) is 10.2. The second kappa shape index (κ2) is 6.53. The lowest BCUT2D eigenvalue weighted by molar-refractivity contribution is 0.786. The Kier molecular flexibility index (Phi) is 5.28. The Morgan fingerprint density at radius 2 is 2.27 bits per heavy atom. The average molecular weight is 219 g/mol. The third-order valence-corrected chi connectivity index (χ3v) is 3.50. The van der Waals surface area contributed by atoms with Crippen LogP contribution < -0.4 is 0 Å². The van der Waals surface area contributed by atoms with Crippen LogP contribution in [0, 0.1) is 11.3 Å². The van der Waals surface area contributed by atoms with Crippen LogP contribution in [0.4, 0.5) is 0 Å². The first-order chi connectivity index (χ1) is 7.27. The molecule has 0 aliphatic rings. The molecule has 0 heterocycles. The van der Waals surface area contributed by atoms with E-state index in [9.17, 15) is 0 Å².